The smallest absolute Gasteiger partial charge is 0.297 e. The fourth-order valence-electron chi connectivity index (χ4n) is 12.9. The van der Waals surface area contributed by atoms with Gasteiger partial charge in [-0.05, 0) is 142 Å². The van der Waals surface area contributed by atoms with Crippen molar-refractivity contribution in [1.82, 2.24) is 24.5 Å². The van der Waals surface area contributed by atoms with Crippen molar-refractivity contribution < 1.29 is 32.3 Å². The molecule has 1 amide bonds. The van der Waals surface area contributed by atoms with E-state index in [9.17, 15) is 23.3 Å². The van der Waals surface area contributed by atoms with Crippen LogP contribution in [0.2, 0.25) is 0 Å². The molecule has 0 unspecified atom stereocenters. The number of nitrogens with zero attached hydrogens (tertiary/aromatic N) is 5. The lowest BCUT2D eigenvalue weighted by atomic mass is 9.59. The van der Waals surface area contributed by atoms with E-state index in [0.717, 1.165) is 88.3 Å². The first-order chi connectivity index (χ1) is 35.0. The van der Waals surface area contributed by atoms with Gasteiger partial charge in [0.15, 0.2) is 17.2 Å². The largest absolute Gasteiger partial charge is 0.489 e. The van der Waals surface area contributed by atoms with E-state index < -0.39 is 31.4 Å². The number of sulfonamides is 1. The van der Waals surface area contributed by atoms with E-state index in [2.05, 4.69) is 81.7 Å². The molecule has 3 atom stereocenters. The Morgan fingerprint density at radius 2 is 1.73 bits per heavy atom. The zero-order valence-corrected chi connectivity index (χ0v) is 43.6. The van der Waals surface area contributed by atoms with Crippen molar-refractivity contribution in [2.24, 2.45) is 16.7 Å². The van der Waals surface area contributed by atoms with Crippen molar-refractivity contribution in [1.29, 1.82) is 0 Å². The maximum Gasteiger partial charge on any atom is 0.297 e. The van der Waals surface area contributed by atoms with Crippen molar-refractivity contribution in [3.63, 3.8) is 0 Å². The number of piperidine rings is 1. The Labute approximate surface area is 428 Å². The van der Waals surface area contributed by atoms with Crippen LogP contribution < -0.4 is 29.1 Å². The molecule has 1 spiro atoms. The van der Waals surface area contributed by atoms with E-state index in [1.807, 2.05) is 25.2 Å². The molecule has 11 rings (SSSR count). The number of H-pyrrole nitrogens is 1. The van der Waals surface area contributed by atoms with Gasteiger partial charge in [-0.1, -0.05) is 52.0 Å². The number of hydrogen-bond acceptors (Lipinski definition) is 13. The highest BCUT2D eigenvalue weighted by Crippen LogP contribution is 2.55. The van der Waals surface area contributed by atoms with E-state index in [4.69, 9.17) is 19.2 Å². The Bertz CT molecular complexity index is 3000. The third-order valence-electron chi connectivity index (χ3n) is 17.3. The normalized spacial score (nSPS) is 23.5. The number of amides is 1. The number of likely N-dealkylation sites (N-methyl/N-ethyl adjacent to an activating group) is 1. The summed E-state index contributed by atoms with van der Waals surface area (Å²) in [6, 6.07) is 21.0. The molecule has 0 radical (unpaired) electrons. The average Bonchev–Trinajstić information content (AvgIpc) is 4.14. The summed E-state index contributed by atoms with van der Waals surface area (Å²) in [6.07, 6.45) is 13.3. The number of ether oxygens (including phenoxy) is 3. The number of aromatic amines is 1. The van der Waals surface area contributed by atoms with Crippen LogP contribution in [0.3, 0.4) is 0 Å². The van der Waals surface area contributed by atoms with Gasteiger partial charge in [0.25, 0.3) is 27.5 Å². The molecule has 2 aromatic heterocycles. The van der Waals surface area contributed by atoms with Gasteiger partial charge in [0.1, 0.15) is 24.1 Å². The van der Waals surface area contributed by atoms with E-state index in [0.29, 0.717) is 30.2 Å². The van der Waals surface area contributed by atoms with Crippen LogP contribution >= 0.6 is 0 Å². The van der Waals surface area contributed by atoms with Crippen LogP contribution in [-0.4, -0.2) is 104 Å². The van der Waals surface area contributed by atoms with Crippen LogP contribution in [0.25, 0.3) is 11.0 Å². The molecule has 388 valence electrons. The van der Waals surface area contributed by atoms with E-state index in [-0.39, 0.29) is 69.9 Å². The van der Waals surface area contributed by atoms with Crippen LogP contribution in [0.1, 0.15) is 132 Å². The molecule has 6 aliphatic rings. The second-order valence-corrected chi connectivity index (χ2v) is 24.8. The van der Waals surface area contributed by atoms with Gasteiger partial charge in [-0.25, -0.2) is 13.1 Å². The Balaban J connectivity index is 0.846. The number of nitrogens with one attached hydrogen (secondary N) is 3. The van der Waals surface area contributed by atoms with Crippen molar-refractivity contribution in [3.05, 3.63) is 99.7 Å². The fraction of sp³-hybridized carbons (Fsp3) is 0.536. The Hall–Kier alpha value is -5.91. The lowest BCUT2D eigenvalue weighted by Gasteiger charge is -2.56. The Kier molecular flexibility index (Phi) is 13.1. The molecule has 2 aliphatic carbocycles. The van der Waals surface area contributed by atoms with Gasteiger partial charge in [0.2, 0.25) is 0 Å². The Morgan fingerprint density at radius 1 is 0.945 bits per heavy atom. The summed E-state index contributed by atoms with van der Waals surface area (Å²) in [6.45, 7) is 13.7. The molecular formula is C56H70N8O8S. The maximum absolute atomic E-state index is 14.5. The molecular weight excluding hydrogens is 945 g/mol. The molecule has 0 bridgehead atoms. The van der Waals surface area contributed by atoms with Crippen LogP contribution in [-0.2, 0) is 10.0 Å². The second-order valence-electron chi connectivity index (χ2n) is 23.1. The van der Waals surface area contributed by atoms with Crippen molar-refractivity contribution in [2.75, 3.05) is 56.6 Å². The first kappa shape index (κ1) is 49.3. The monoisotopic (exact) mass is 1010 g/mol. The number of anilines is 2. The number of nitro benzene ring substituents is 1. The van der Waals surface area contributed by atoms with Crippen LogP contribution in [0.5, 0.6) is 23.1 Å². The quantitative estimate of drug-likeness (QED) is 0.0748. The maximum atomic E-state index is 14.5. The summed E-state index contributed by atoms with van der Waals surface area (Å²) >= 11 is 0. The molecule has 16 nitrogen and oxygen atoms in total. The van der Waals surface area contributed by atoms with Gasteiger partial charge in [0, 0.05) is 73.7 Å². The molecule has 17 heteroatoms. The van der Waals surface area contributed by atoms with Crippen LogP contribution in [0.15, 0.2) is 77.8 Å². The van der Waals surface area contributed by atoms with Crippen molar-refractivity contribution in [2.45, 2.75) is 133 Å². The van der Waals surface area contributed by atoms with Crippen LogP contribution in [0, 0.1) is 26.9 Å². The molecule has 5 aromatic rings. The summed E-state index contributed by atoms with van der Waals surface area (Å²) < 4.78 is 50.0. The van der Waals surface area contributed by atoms with Crippen molar-refractivity contribution in [3.8, 4) is 23.1 Å². The first-order valence-electron chi connectivity index (χ1n) is 26.5. The van der Waals surface area contributed by atoms with E-state index >= 15 is 0 Å². The number of carbonyl (C=O) groups excluding carboxylic acids is 1. The number of pyridine rings is 1. The predicted molar refractivity (Wildman–Crippen MR) is 282 cm³/mol. The fourth-order valence-corrected chi connectivity index (χ4v) is 13.9. The number of carbonyl (C=O) groups is 1. The van der Waals surface area contributed by atoms with Gasteiger partial charge in [-0.3, -0.25) is 19.8 Å². The highest BCUT2D eigenvalue weighted by molar-refractivity contribution is 7.90. The summed E-state index contributed by atoms with van der Waals surface area (Å²) in [7, 11) is -2.65. The SMILES string of the molecule is CC(C)c1ccccc1[C@H]1CCCN1C1CC2(CCN(c3ccc(C(=O)NS(=O)(=O)c4cc5c(c([N+](=O)[O-])c4)N[C@@H](C4CCC(C)(C)CC4)CO5)c(Oc4cc5cc[nH]c5nc4O[C@H]4CCN(C)C4)c3)CC2)C1. The standard InChI is InChI=1S/C56H70N8O8S/c1-35(2)42-9-6-7-10-43(42)46-11-8-23-63(46)39-31-56(32-39)20-25-62(26-21-56)38-12-13-44(48(28-38)72-50-27-37-16-22-57-52(37)59-54(50)71-40-17-24-61(5)33-40)53(65)60-73(68,69)41-29-47(64(66)67)51-49(30-41)70-34-45(58-51)36-14-18-55(3,4)19-15-36/h6-7,9-10,12-13,16,22,27-30,35-36,39-40,45-46,58H,8,11,14-15,17-21,23-26,31-34H2,1-5H3,(H,57,59)(H,60,65)/t40-,45+,46+/m0/s1. The van der Waals surface area contributed by atoms with Crippen molar-refractivity contribution >= 4 is 44.0 Å². The van der Waals surface area contributed by atoms with Crippen LogP contribution in [0.4, 0.5) is 17.1 Å². The molecule has 3 aromatic carbocycles. The second kappa shape index (κ2) is 19.4. The highest BCUT2D eigenvalue weighted by atomic mass is 32.2. The highest BCUT2D eigenvalue weighted by Gasteiger charge is 2.50. The molecule has 2 saturated carbocycles. The average molecular weight is 1020 g/mol. The summed E-state index contributed by atoms with van der Waals surface area (Å²) in [5.41, 5.74) is 4.57. The number of likely N-dealkylation sites (tertiary alicyclic amines) is 2. The first-order valence-corrected chi connectivity index (χ1v) is 28.0. The van der Waals surface area contributed by atoms with Gasteiger partial charge in [-0.2, -0.15) is 4.98 Å². The lowest BCUT2D eigenvalue weighted by Crippen LogP contribution is -2.54. The van der Waals surface area contributed by atoms with Gasteiger partial charge < -0.3 is 34.3 Å². The number of aromatic nitrogens is 2. The predicted octanol–water partition coefficient (Wildman–Crippen LogP) is 10.6. The molecule has 5 fully saturated rings. The lowest BCUT2D eigenvalue weighted by molar-refractivity contribution is -0.384. The summed E-state index contributed by atoms with van der Waals surface area (Å²) in [5, 5.41) is 16.7. The summed E-state index contributed by atoms with van der Waals surface area (Å²) in [5.74, 6) is 0.456. The number of fused-ring (bicyclic) bond motifs is 2. The number of hydrogen-bond donors (Lipinski definition) is 3. The minimum absolute atomic E-state index is 0.0461. The number of benzene rings is 3. The minimum atomic E-state index is -4.69. The molecule has 3 N–H and O–H groups in total. The number of nitro groups is 1. The zero-order valence-electron chi connectivity index (χ0n) is 42.8. The summed E-state index contributed by atoms with van der Waals surface area (Å²) in [4.78, 5) is 41.2. The molecule has 3 saturated heterocycles. The third kappa shape index (κ3) is 9.96. The third-order valence-corrected chi connectivity index (χ3v) is 18.6. The number of rotatable bonds is 13. The molecule has 6 heterocycles. The van der Waals surface area contributed by atoms with E-state index in [1.54, 1.807) is 18.3 Å². The van der Waals surface area contributed by atoms with Gasteiger partial charge in [-0.15, -0.1) is 0 Å². The Morgan fingerprint density at radius 3 is 2.47 bits per heavy atom. The molecule has 73 heavy (non-hydrogen) atoms. The zero-order chi connectivity index (χ0) is 50.8. The topological polar surface area (TPSA) is 184 Å². The van der Waals surface area contributed by atoms with Gasteiger partial charge >= 0.3 is 0 Å². The van der Waals surface area contributed by atoms with E-state index in [1.165, 1.54) is 42.9 Å². The molecule has 4 aliphatic heterocycles. The minimum Gasteiger partial charge on any atom is -0.489 e. The van der Waals surface area contributed by atoms with Gasteiger partial charge in [0.05, 0.1) is 21.4 Å².